The Kier molecular flexibility index (Phi) is 4.21. The number of anilines is 1. The van der Waals surface area contributed by atoms with E-state index in [2.05, 4.69) is 15.5 Å². The van der Waals surface area contributed by atoms with E-state index < -0.39 is 0 Å². The Hall–Kier alpha value is -2.59. The van der Waals surface area contributed by atoms with Crippen LogP contribution in [0.4, 0.5) is 5.69 Å². The Balaban J connectivity index is 1.69. The highest BCUT2D eigenvalue weighted by Crippen LogP contribution is 2.20. The third kappa shape index (κ3) is 3.54. The van der Waals surface area contributed by atoms with E-state index in [1.54, 1.807) is 18.3 Å². The predicted molar refractivity (Wildman–Crippen MR) is 87.8 cm³/mol. The van der Waals surface area contributed by atoms with Gasteiger partial charge in [-0.25, -0.2) is 0 Å². The number of hydrogen-bond acceptors (Lipinski definition) is 2. The van der Waals surface area contributed by atoms with Crippen LogP contribution in [0.3, 0.4) is 0 Å². The van der Waals surface area contributed by atoms with Gasteiger partial charge in [-0.2, -0.15) is 5.10 Å². The number of carbonyl (C=O) groups is 1. The summed E-state index contributed by atoms with van der Waals surface area (Å²) >= 11 is 5.84. The number of hydrogen-bond donors (Lipinski definition) is 2. The van der Waals surface area contributed by atoms with Crippen molar-refractivity contribution in [2.45, 2.75) is 6.42 Å². The summed E-state index contributed by atoms with van der Waals surface area (Å²) < 4.78 is 0. The van der Waals surface area contributed by atoms with Gasteiger partial charge < -0.3 is 5.32 Å². The number of aromatic nitrogens is 2. The van der Waals surface area contributed by atoms with Crippen molar-refractivity contribution < 1.29 is 4.79 Å². The lowest BCUT2D eigenvalue weighted by Gasteiger charge is -2.07. The number of nitrogens with one attached hydrogen (secondary N) is 2. The molecule has 1 amide bonds. The zero-order chi connectivity index (χ0) is 15.4. The molecule has 5 heteroatoms. The maximum Gasteiger partial charge on any atom is 0.228 e. The van der Waals surface area contributed by atoms with Crippen molar-refractivity contribution in [3.05, 3.63) is 71.4 Å². The normalized spacial score (nSPS) is 10.4. The van der Waals surface area contributed by atoms with Crippen molar-refractivity contribution >= 4 is 23.2 Å². The molecule has 2 aromatic carbocycles. The summed E-state index contributed by atoms with van der Waals surface area (Å²) in [6.07, 6.45) is 2.01. The van der Waals surface area contributed by atoms with Crippen LogP contribution in [0.25, 0.3) is 11.3 Å². The number of rotatable bonds is 4. The van der Waals surface area contributed by atoms with Gasteiger partial charge in [-0.3, -0.25) is 9.89 Å². The lowest BCUT2D eigenvalue weighted by molar-refractivity contribution is -0.115. The number of halogens is 1. The summed E-state index contributed by atoms with van der Waals surface area (Å²) in [5.74, 6) is -0.0657. The van der Waals surface area contributed by atoms with Crippen molar-refractivity contribution in [3.63, 3.8) is 0 Å². The van der Waals surface area contributed by atoms with E-state index in [0.29, 0.717) is 11.4 Å². The molecule has 0 spiro atoms. The van der Waals surface area contributed by atoms with Gasteiger partial charge in [0.15, 0.2) is 0 Å². The Morgan fingerprint density at radius 3 is 2.68 bits per heavy atom. The molecule has 0 atom stereocenters. The molecule has 0 unspecified atom stereocenters. The number of aromatic amines is 1. The molecular formula is C17H14ClN3O. The molecule has 110 valence electrons. The maximum atomic E-state index is 12.1. The second-order valence-electron chi connectivity index (χ2n) is 4.90. The average molecular weight is 312 g/mol. The summed E-state index contributed by atoms with van der Waals surface area (Å²) in [6, 6.07) is 16.8. The molecule has 1 aromatic heterocycles. The van der Waals surface area contributed by atoms with Crippen LogP contribution >= 0.6 is 11.6 Å². The van der Waals surface area contributed by atoms with Gasteiger partial charge in [0, 0.05) is 22.5 Å². The number of amides is 1. The molecule has 0 fully saturated rings. The number of carbonyl (C=O) groups excluding carboxylic acids is 1. The number of nitrogens with zero attached hydrogens (tertiary/aromatic N) is 1. The first-order chi connectivity index (χ1) is 10.7. The first-order valence-corrected chi connectivity index (χ1v) is 7.22. The van der Waals surface area contributed by atoms with E-state index in [-0.39, 0.29) is 5.91 Å². The number of H-pyrrole nitrogens is 1. The first kappa shape index (κ1) is 14.4. The van der Waals surface area contributed by atoms with Gasteiger partial charge in [0.25, 0.3) is 0 Å². The van der Waals surface area contributed by atoms with Crippen LogP contribution in [0.1, 0.15) is 5.56 Å². The number of benzene rings is 2. The zero-order valence-corrected chi connectivity index (χ0v) is 12.5. The highest BCUT2D eigenvalue weighted by molar-refractivity contribution is 6.30. The van der Waals surface area contributed by atoms with Crippen LogP contribution in [-0.4, -0.2) is 16.1 Å². The smallest absolute Gasteiger partial charge is 0.228 e. The molecular weight excluding hydrogens is 298 g/mol. The Labute approximate surface area is 133 Å². The van der Waals surface area contributed by atoms with E-state index in [9.17, 15) is 4.79 Å². The highest BCUT2D eigenvalue weighted by Gasteiger charge is 2.06. The Bertz CT molecular complexity index is 767. The standard InChI is InChI=1S/C17H14ClN3O/c18-14-6-4-12(5-7-14)10-17(22)20-15-3-1-2-13(11-15)16-8-9-19-21-16/h1-9,11H,10H2,(H,19,21)(H,20,22). The second-order valence-corrected chi connectivity index (χ2v) is 5.34. The quantitative estimate of drug-likeness (QED) is 0.767. The van der Waals surface area contributed by atoms with E-state index in [1.807, 2.05) is 42.5 Å². The maximum absolute atomic E-state index is 12.1. The van der Waals surface area contributed by atoms with Gasteiger partial charge in [0.1, 0.15) is 0 Å². The van der Waals surface area contributed by atoms with E-state index in [0.717, 1.165) is 22.5 Å². The Morgan fingerprint density at radius 1 is 1.14 bits per heavy atom. The summed E-state index contributed by atoms with van der Waals surface area (Å²) in [7, 11) is 0. The monoisotopic (exact) mass is 311 g/mol. The topological polar surface area (TPSA) is 57.8 Å². The molecule has 0 aliphatic rings. The molecule has 1 heterocycles. The van der Waals surface area contributed by atoms with Crippen molar-refractivity contribution in [2.75, 3.05) is 5.32 Å². The van der Waals surface area contributed by atoms with Gasteiger partial charge >= 0.3 is 0 Å². The molecule has 0 bridgehead atoms. The highest BCUT2D eigenvalue weighted by atomic mass is 35.5. The van der Waals surface area contributed by atoms with Crippen molar-refractivity contribution in [1.29, 1.82) is 0 Å². The van der Waals surface area contributed by atoms with E-state index >= 15 is 0 Å². The molecule has 22 heavy (non-hydrogen) atoms. The predicted octanol–water partition coefficient (Wildman–Crippen LogP) is 3.91. The summed E-state index contributed by atoms with van der Waals surface area (Å²) in [4.78, 5) is 12.1. The molecule has 0 radical (unpaired) electrons. The van der Waals surface area contributed by atoms with Crippen molar-refractivity contribution in [1.82, 2.24) is 10.2 Å². The molecule has 0 saturated heterocycles. The molecule has 3 rings (SSSR count). The molecule has 0 aliphatic heterocycles. The third-order valence-electron chi connectivity index (χ3n) is 3.24. The van der Waals surface area contributed by atoms with Gasteiger partial charge in [-0.05, 0) is 35.9 Å². The second kappa shape index (κ2) is 6.45. The SMILES string of the molecule is O=C(Cc1ccc(Cl)cc1)Nc1cccc(-c2ccn[nH]2)c1. The largest absolute Gasteiger partial charge is 0.326 e. The molecule has 2 N–H and O–H groups in total. The van der Waals surface area contributed by atoms with E-state index in [4.69, 9.17) is 11.6 Å². The minimum atomic E-state index is -0.0657. The lowest BCUT2D eigenvalue weighted by atomic mass is 10.1. The lowest BCUT2D eigenvalue weighted by Crippen LogP contribution is -2.14. The van der Waals surface area contributed by atoms with Crippen molar-refractivity contribution in [3.8, 4) is 11.3 Å². The van der Waals surface area contributed by atoms with Gasteiger partial charge in [0.2, 0.25) is 5.91 Å². The summed E-state index contributed by atoms with van der Waals surface area (Å²) in [5, 5.41) is 10.4. The summed E-state index contributed by atoms with van der Waals surface area (Å²) in [5.41, 5.74) is 3.56. The van der Waals surface area contributed by atoms with Crippen LogP contribution in [0.2, 0.25) is 5.02 Å². The van der Waals surface area contributed by atoms with Crippen LogP contribution in [0.15, 0.2) is 60.8 Å². The fourth-order valence-corrected chi connectivity index (χ4v) is 2.30. The van der Waals surface area contributed by atoms with Crippen LogP contribution < -0.4 is 5.32 Å². The minimum absolute atomic E-state index is 0.0657. The van der Waals surface area contributed by atoms with Crippen LogP contribution in [0, 0.1) is 0 Å². The molecule has 3 aromatic rings. The summed E-state index contributed by atoms with van der Waals surface area (Å²) in [6.45, 7) is 0. The van der Waals surface area contributed by atoms with Gasteiger partial charge in [0.05, 0.1) is 12.1 Å². The molecule has 0 saturated carbocycles. The third-order valence-corrected chi connectivity index (χ3v) is 3.49. The minimum Gasteiger partial charge on any atom is -0.326 e. The van der Waals surface area contributed by atoms with Gasteiger partial charge in [-0.15, -0.1) is 0 Å². The first-order valence-electron chi connectivity index (χ1n) is 6.85. The fourth-order valence-electron chi connectivity index (χ4n) is 2.17. The van der Waals surface area contributed by atoms with Crippen molar-refractivity contribution in [2.24, 2.45) is 0 Å². The Morgan fingerprint density at radius 2 is 1.95 bits per heavy atom. The fraction of sp³-hybridized carbons (Fsp3) is 0.0588. The van der Waals surface area contributed by atoms with Crippen LogP contribution in [-0.2, 0) is 11.2 Å². The van der Waals surface area contributed by atoms with Crippen LogP contribution in [0.5, 0.6) is 0 Å². The average Bonchev–Trinajstić information content (AvgIpc) is 3.04. The molecule has 0 aliphatic carbocycles. The molecule has 4 nitrogen and oxygen atoms in total. The zero-order valence-electron chi connectivity index (χ0n) is 11.7. The van der Waals surface area contributed by atoms with E-state index in [1.165, 1.54) is 0 Å². The van der Waals surface area contributed by atoms with Gasteiger partial charge in [-0.1, -0.05) is 35.9 Å².